The summed E-state index contributed by atoms with van der Waals surface area (Å²) in [5, 5.41) is 11.0. The van der Waals surface area contributed by atoms with E-state index >= 15 is 0 Å². The number of hydrogen-bond acceptors (Lipinski definition) is 2. The molecule has 6 heteroatoms. The Kier molecular flexibility index (Phi) is 1.81. The van der Waals surface area contributed by atoms with Crippen molar-refractivity contribution in [3.63, 3.8) is 0 Å². The molecule has 2 heterocycles. The fourth-order valence-corrected chi connectivity index (χ4v) is 1.20. The van der Waals surface area contributed by atoms with Crippen molar-refractivity contribution in [2.24, 2.45) is 0 Å². The smallest absolute Gasteiger partial charge is 0.409 e. The summed E-state index contributed by atoms with van der Waals surface area (Å²) in [6, 6.07) is 1.21. The quantitative estimate of drug-likeness (QED) is 0.649. The number of nitrogens with zero attached hydrogens (tertiary/aromatic N) is 1. The van der Waals surface area contributed by atoms with Crippen molar-refractivity contribution in [1.29, 1.82) is 0 Å². The van der Waals surface area contributed by atoms with E-state index < -0.39 is 11.9 Å². The average molecular weight is 195 g/mol. The summed E-state index contributed by atoms with van der Waals surface area (Å²) in [6.07, 6.45) is 1.28. The third-order valence-electron chi connectivity index (χ3n) is 1.74. The van der Waals surface area contributed by atoms with Crippen LogP contribution in [-0.4, -0.2) is 21.2 Å². The number of halogens is 1. The number of carboxylic acid groups (broad SMARTS) is 1. The summed E-state index contributed by atoms with van der Waals surface area (Å²) in [6.45, 7) is 0. The first-order chi connectivity index (χ1) is 6.66. The van der Waals surface area contributed by atoms with Crippen LogP contribution in [-0.2, 0) is 0 Å². The number of fused-ring (bicyclic) bond motifs is 1. The molecule has 2 aromatic heterocycles. The maximum atomic E-state index is 12.8. The molecule has 0 spiro atoms. The van der Waals surface area contributed by atoms with Gasteiger partial charge in [0, 0.05) is 11.6 Å². The topological polar surface area (TPSA) is 78.0 Å². The lowest BCUT2D eigenvalue weighted by Crippen LogP contribution is -2.06. The largest absolute Gasteiger partial charge is 0.465 e. The van der Waals surface area contributed by atoms with E-state index in [0.717, 1.165) is 6.20 Å². The second kappa shape index (κ2) is 2.99. The first-order valence-corrected chi connectivity index (χ1v) is 3.79. The summed E-state index contributed by atoms with van der Waals surface area (Å²) in [7, 11) is 0. The van der Waals surface area contributed by atoms with E-state index in [-0.39, 0.29) is 0 Å². The van der Waals surface area contributed by atoms with Gasteiger partial charge in [0.25, 0.3) is 0 Å². The molecule has 0 aliphatic rings. The van der Waals surface area contributed by atoms with Crippen molar-refractivity contribution < 1.29 is 14.3 Å². The molecule has 72 valence electrons. The zero-order valence-electron chi connectivity index (χ0n) is 6.91. The highest BCUT2D eigenvalue weighted by atomic mass is 19.1. The average Bonchev–Trinajstić information content (AvgIpc) is 2.47. The van der Waals surface area contributed by atoms with Gasteiger partial charge in [0.05, 0.1) is 11.9 Å². The van der Waals surface area contributed by atoms with E-state index in [2.05, 4.69) is 15.3 Å². The lowest BCUT2D eigenvalue weighted by atomic mass is 10.3. The molecule has 0 saturated carbocycles. The van der Waals surface area contributed by atoms with Crippen LogP contribution in [0.25, 0.3) is 11.0 Å². The third kappa shape index (κ3) is 1.37. The van der Waals surface area contributed by atoms with E-state index in [9.17, 15) is 9.18 Å². The van der Waals surface area contributed by atoms with Gasteiger partial charge in [-0.3, -0.25) is 5.32 Å². The highest BCUT2D eigenvalue weighted by Gasteiger charge is 2.07. The number of aromatic amines is 1. The summed E-state index contributed by atoms with van der Waals surface area (Å²) < 4.78 is 12.8. The fraction of sp³-hybridized carbons (Fsp3) is 0. The number of nitrogens with one attached hydrogen (secondary N) is 2. The molecule has 0 aromatic carbocycles. The summed E-state index contributed by atoms with van der Waals surface area (Å²) in [5.41, 5.74) is 0.731. The van der Waals surface area contributed by atoms with E-state index in [4.69, 9.17) is 5.11 Å². The highest BCUT2D eigenvalue weighted by molar-refractivity contribution is 5.97. The Morgan fingerprint density at radius 3 is 3.14 bits per heavy atom. The van der Waals surface area contributed by atoms with Crippen LogP contribution < -0.4 is 5.32 Å². The zero-order valence-corrected chi connectivity index (χ0v) is 6.91. The predicted octanol–water partition coefficient (Wildman–Crippen LogP) is 1.79. The molecule has 0 unspecified atom stereocenters. The van der Waals surface area contributed by atoms with Crippen LogP contribution >= 0.6 is 0 Å². The van der Waals surface area contributed by atoms with Gasteiger partial charge < -0.3 is 10.1 Å². The molecule has 2 aromatic rings. The van der Waals surface area contributed by atoms with Crippen LogP contribution in [0.5, 0.6) is 0 Å². The van der Waals surface area contributed by atoms with Crippen molar-refractivity contribution in [1.82, 2.24) is 9.97 Å². The van der Waals surface area contributed by atoms with Crippen molar-refractivity contribution >= 4 is 22.8 Å². The first kappa shape index (κ1) is 8.49. The number of anilines is 1. The van der Waals surface area contributed by atoms with E-state index in [1.165, 1.54) is 12.3 Å². The molecule has 0 fully saturated rings. The minimum Gasteiger partial charge on any atom is -0.465 e. The Morgan fingerprint density at radius 2 is 2.43 bits per heavy atom. The summed E-state index contributed by atoms with van der Waals surface area (Å²) in [5.74, 6) is -0.509. The minimum absolute atomic E-state index is 0.291. The molecule has 0 aliphatic carbocycles. The maximum absolute atomic E-state index is 12.8. The zero-order chi connectivity index (χ0) is 10.1. The number of aromatic nitrogens is 2. The lowest BCUT2D eigenvalue weighted by Gasteiger charge is -1.96. The number of hydrogen-bond donors (Lipinski definition) is 3. The van der Waals surface area contributed by atoms with Gasteiger partial charge in [-0.15, -0.1) is 0 Å². The molecule has 0 aliphatic heterocycles. The molecular formula is C8H6FN3O2. The van der Waals surface area contributed by atoms with Crippen LogP contribution in [0.15, 0.2) is 18.5 Å². The monoisotopic (exact) mass is 195 g/mol. The van der Waals surface area contributed by atoms with Crippen molar-refractivity contribution in [2.45, 2.75) is 0 Å². The molecular weight excluding hydrogens is 189 g/mol. The third-order valence-corrected chi connectivity index (χ3v) is 1.74. The Balaban J connectivity index is 2.55. The standard InChI is InChI=1S/C8H6FN3O2/c9-4-1-5-6(12-8(13)14)3-11-7(5)10-2-4/h1-3,12H,(H,10,11)(H,13,14). The van der Waals surface area contributed by atoms with Crippen LogP contribution in [0, 0.1) is 5.82 Å². The van der Waals surface area contributed by atoms with Crippen molar-refractivity contribution in [2.75, 3.05) is 5.32 Å². The second-order valence-electron chi connectivity index (χ2n) is 2.68. The van der Waals surface area contributed by atoms with Gasteiger partial charge in [-0.25, -0.2) is 14.2 Å². The van der Waals surface area contributed by atoms with Crippen LogP contribution in [0.3, 0.4) is 0 Å². The maximum Gasteiger partial charge on any atom is 0.409 e. The number of amides is 1. The Labute approximate surface area is 77.6 Å². The lowest BCUT2D eigenvalue weighted by molar-refractivity contribution is 0.210. The summed E-state index contributed by atoms with van der Waals surface area (Å²) in [4.78, 5) is 16.8. The minimum atomic E-state index is -1.20. The first-order valence-electron chi connectivity index (χ1n) is 3.79. The molecule has 1 amide bonds. The molecule has 2 rings (SSSR count). The fourth-order valence-electron chi connectivity index (χ4n) is 1.20. The SMILES string of the molecule is O=C(O)Nc1c[nH]c2ncc(F)cc12. The van der Waals surface area contributed by atoms with E-state index in [0.29, 0.717) is 16.7 Å². The van der Waals surface area contributed by atoms with Crippen LogP contribution in [0.2, 0.25) is 0 Å². The van der Waals surface area contributed by atoms with Gasteiger partial charge in [-0.05, 0) is 6.07 Å². The van der Waals surface area contributed by atoms with E-state index in [1.807, 2.05) is 0 Å². The molecule has 14 heavy (non-hydrogen) atoms. The molecule has 0 atom stereocenters. The van der Waals surface area contributed by atoms with Gasteiger partial charge in [-0.2, -0.15) is 0 Å². The Morgan fingerprint density at radius 1 is 1.64 bits per heavy atom. The van der Waals surface area contributed by atoms with Gasteiger partial charge in [0.1, 0.15) is 11.5 Å². The number of pyridine rings is 1. The molecule has 0 radical (unpaired) electrons. The number of rotatable bonds is 1. The molecule has 0 bridgehead atoms. The van der Waals surface area contributed by atoms with Crippen molar-refractivity contribution in [3.05, 3.63) is 24.3 Å². The van der Waals surface area contributed by atoms with Crippen molar-refractivity contribution in [3.8, 4) is 0 Å². The predicted molar refractivity (Wildman–Crippen MR) is 47.7 cm³/mol. The van der Waals surface area contributed by atoms with Gasteiger partial charge in [0.2, 0.25) is 0 Å². The number of H-pyrrole nitrogens is 1. The van der Waals surface area contributed by atoms with Crippen LogP contribution in [0.1, 0.15) is 0 Å². The molecule has 5 nitrogen and oxygen atoms in total. The Bertz CT molecular complexity index is 494. The van der Waals surface area contributed by atoms with Crippen LogP contribution in [0.4, 0.5) is 14.9 Å². The van der Waals surface area contributed by atoms with Gasteiger partial charge in [0.15, 0.2) is 0 Å². The normalized spacial score (nSPS) is 10.4. The highest BCUT2D eigenvalue weighted by Crippen LogP contribution is 2.21. The molecule has 3 N–H and O–H groups in total. The van der Waals surface area contributed by atoms with Gasteiger partial charge >= 0.3 is 6.09 Å². The Hall–Kier alpha value is -2.11. The number of carbonyl (C=O) groups is 1. The molecule has 0 saturated heterocycles. The summed E-state index contributed by atoms with van der Waals surface area (Å²) >= 11 is 0. The van der Waals surface area contributed by atoms with E-state index in [1.54, 1.807) is 0 Å². The van der Waals surface area contributed by atoms with Gasteiger partial charge in [-0.1, -0.05) is 0 Å². The second-order valence-corrected chi connectivity index (χ2v) is 2.68.